The van der Waals surface area contributed by atoms with E-state index in [1.54, 1.807) is 24.4 Å². The van der Waals surface area contributed by atoms with Gasteiger partial charge in [0.25, 0.3) is 0 Å². The molecule has 6 heteroatoms. The van der Waals surface area contributed by atoms with Crippen LogP contribution in [0.3, 0.4) is 0 Å². The molecule has 2 rings (SSSR count). The van der Waals surface area contributed by atoms with Gasteiger partial charge in [-0.15, -0.1) is 0 Å². The van der Waals surface area contributed by atoms with Crippen molar-refractivity contribution in [3.8, 4) is 5.75 Å². The van der Waals surface area contributed by atoms with Gasteiger partial charge in [-0.1, -0.05) is 11.6 Å². The van der Waals surface area contributed by atoms with Gasteiger partial charge in [0, 0.05) is 6.20 Å². The molecule has 0 fully saturated rings. The molecule has 0 saturated heterocycles. The minimum atomic E-state index is -0.296. The summed E-state index contributed by atoms with van der Waals surface area (Å²) in [5.74, 6) is 0.838. The second kappa shape index (κ2) is 7.07. The largest absolute Gasteiger partial charge is 0.492 e. The van der Waals surface area contributed by atoms with Crippen LogP contribution in [0.5, 0.6) is 5.75 Å². The molecule has 0 aliphatic carbocycles. The number of aliphatic hydroxyl groups excluding tert-OH is 1. The van der Waals surface area contributed by atoms with Gasteiger partial charge in [-0.2, -0.15) is 0 Å². The molecular weight excluding hydrogens is 283 g/mol. The molecule has 0 bridgehead atoms. The van der Waals surface area contributed by atoms with Crippen LogP contribution in [0.4, 0.5) is 10.2 Å². The molecule has 0 saturated carbocycles. The molecule has 2 aromatic rings. The summed E-state index contributed by atoms with van der Waals surface area (Å²) in [7, 11) is 0. The zero-order valence-corrected chi connectivity index (χ0v) is 11.4. The molecule has 20 heavy (non-hydrogen) atoms. The molecule has 1 aromatic heterocycles. The van der Waals surface area contributed by atoms with E-state index in [4.69, 9.17) is 21.4 Å². The van der Waals surface area contributed by atoms with Gasteiger partial charge in [-0.25, -0.2) is 9.37 Å². The maximum Gasteiger partial charge on any atom is 0.144 e. The maximum absolute atomic E-state index is 12.7. The smallest absolute Gasteiger partial charge is 0.144 e. The molecule has 0 unspecified atom stereocenters. The molecule has 0 amide bonds. The number of rotatable bonds is 6. The summed E-state index contributed by atoms with van der Waals surface area (Å²) >= 11 is 6.00. The van der Waals surface area contributed by atoms with Crippen molar-refractivity contribution in [3.05, 3.63) is 52.9 Å². The summed E-state index contributed by atoms with van der Waals surface area (Å²) in [6.45, 7) is 0.800. The number of nitrogens with one attached hydrogen (secondary N) is 1. The summed E-state index contributed by atoms with van der Waals surface area (Å²) < 4.78 is 18.1. The third-order valence-electron chi connectivity index (χ3n) is 2.56. The van der Waals surface area contributed by atoms with E-state index in [0.717, 1.165) is 0 Å². The minimum Gasteiger partial charge on any atom is -0.492 e. The van der Waals surface area contributed by atoms with Gasteiger partial charge < -0.3 is 15.2 Å². The van der Waals surface area contributed by atoms with Gasteiger partial charge in [0.1, 0.15) is 24.0 Å². The van der Waals surface area contributed by atoms with Gasteiger partial charge in [-0.05, 0) is 35.9 Å². The van der Waals surface area contributed by atoms with Crippen LogP contribution in [-0.4, -0.2) is 23.2 Å². The molecule has 1 heterocycles. The molecule has 0 radical (unpaired) electrons. The lowest BCUT2D eigenvalue weighted by atomic mass is 10.3. The molecule has 1 aromatic carbocycles. The summed E-state index contributed by atoms with van der Waals surface area (Å²) in [6.07, 6.45) is 1.55. The zero-order chi connectivity index (χ0) is 14.4. The highest BCUT2D eigenvalue weighted by atomic mass is 35.5. The van der Waals surface area contributed by atoms with Crippen LogP contribution in [0.1, 0.15) is 5.56 Å². The fourth-order valence-electron chi connectivity index (χ4n) is 1.56. The van der Waals surface area contributed by atoms with Gasteiger partial charge >= 0.3 is 0 Å². The summed E-state index contributed by atoms with van der Waals surface area (Å²) in [6, 6.07) is 7.47. The Morgan fingerprint density at radius 2 is 2.05 bits per heavy atom. The molecule has 0 aliphatic heterocycles. The SMILES string of the molecule is OCc1cnc(NCCOc2ccc(F)cc2)c(Cl)c1. The van der Waals surface area contributed by atoms with Gasteiger partial charge in [-0.3, -0.25) is 0 Å². The molecule has 0 aliphatic rings. The van der Waals surface area contributed by atoms with Gasteiger partial charge in [0.2, 0.25) is 0 Å². The van der Waals surface area contributed by atoms with E-state index < -0.39 is 0 Å². The van der Waals surface area contributed by atoms with E-state index in [2.05, 4.69) is 10.3 Å². The highest BCUT2D eigenvalue weighted by molar-refractivity contribution is 6.32. The van der Waals surface area contributed by atoms with Crippen molar-refractivity contribution in [2.45, 2.75) is 6.61 Å². The quantitative estimate of drug-likeness (QED) is 0.805. The molecule has 0 spiro atoms. The van der Waals surface area contributed by atoms with Crippen molar-refractivity contribution in [3.63, 3.8) is 0 Å². The molecule has 0 atom stereocenters. The second-order valence-corrected chi connectivity index (χ2v) is 4.47. The Bertz CT molecular complexity index is 564. The number of pyridine rings is 1. The predicted molar refractivity (Wildman–Crippen MR) is 75.6 cm³/mol. The number of aromatic nitrogens is 1. The van der Waals surface area contributed by atoms with Crippen molar-refractivity contribution in [1.29, 1.82) is 0 Å². The van der Waals surface area contributed by atoms with E-state index in [-0.39, 0.29) is 12.4 Å². The Labute approximate surface area is 121 Å². The Kier molecular flexibility index (Phi) is 5.15. The lowest BCUT2D eigenvalue weighted by Crippen LogP contribution is -2.12. The molecule has 4 nitrogen and oxygen atoms in total. The van der Waals surface area contributed by atoms with Crippen LogP contribution in [0, 0.1) is 5.82 Å². The van der Waals surface area contributed by atoms with Crippen LogP contribution < -0.4 is 10.1 Å². The number of hydrogen-bond donors (Lipinski definition) is 2. The van der Waals surface area contributed by atoms with E-state index >= 15 is 0 Å². The van der Waals surface area contributed by atoms with Crippen LogP contribution in [0.2, 0.25) is 5.02 Å². The average Bonchev–Trinajstić information content (AvgIpc) is 2.46. The first-order chi connectivity index (χ1) is 9.69. The third-order valence-corrected chi connectivity index (χ3v) is 2.85. The van der Waals surface area contributed by atoms with Crippen LogP contribution in [0.15, 0.2) is 36.5 Å². The second-order valence-electron chi connectivity index (χ2n) is 4.06. The number of ether oxygens (including phenoxy) is 1. The number of halogens is 2. The topological polar surface area (TPSA) is 54.4 Å². The Hall–Kier alpha value is -1.85. The Balaban J connectivity index is 1.79. The number of benzene rings is 1. The summed E-state index contributed by atoms with van der Waals surface area (Å²) in [5.41, 5.74) is 0.656. The Morgan fingerprint density at radius 3 is 2.70 bits per heavy atom. The van der Waals surface area contributed by atoms with Crippen molar-refractivity contribution >= 4 is 17.4 Å². The highest BCUT2D eigenvalue weighted by Crippen LogP contribution is 2.19. The third kappa shape index (κ3) is 4.08. The van der Waals surface area contributed by atoms with E-state index in [1.807, 2.05) is 0 Å². The monoisotopic (exact) mass is 296 g/mol. The lowest BCUT2D eigenvalue weighted by Gasteiger charge is -2.09. The maximum atomic E-state index is 12.7. The normalized spacial score (nSPS) is 10.3. The van der Waals surface area contributed by atoms with Crippen molar-refractivity contribution < 1.29 is 14.2 Å². The van der Waals surface area contributed by atoms with Crippen LogP contribution in [0.25, 0.3) is 0 Å². The van der Waals surface area contributed by atoms with Gasteiger partial charge in [0.05, 0.1) is 18.2 Å². The first-order valence-corrected chi connectivity index (χ1v) is 6.44. The minimum absolute atomic E-state index is 0.0965. The zero-order valence-electron chi connectivity index (χ0n) is 10.6. The van der Waals surface area contributed by atoms with Crippen molar-refractivity contribution in [2.75, 3.05) is 18.5 Å². The van der Waals surface area contributed by atoms with Gasteiger partial charge in [0.15, 0.2) is 0 Å². The summed E-state index contributed by atoms with van der Waals surface area (Å²) in [4.78, 5) is 4.10. The van der Waals surface area contributed by atoms with E-state index in [9.17, 15) is 4.39 Å². The lowest BCUT2D eigenvalue weighted by molar-refractivity contribution is 0.281. The fourth-order valence-corrected chi connectivity index (χ4v) is 1.82. The number of hydrogen-bond acceptors (Lipinski definition) is 4. The number of nitrogens with zero attached hydrogens (tertiary/aromatic N) is 1. The molecule has 2 N–H and O–H groups in total. The highest BCUT2D eigenvalue weighted by Gasteiger charge is 2.03. The molecule has 106 valence electrons. The van der Waals surface area contributed by atoms with E-state index in [0.29, 0.717) is 35.3 Å². The first-order valence-electron chi connectivity index (χ1n) is 6.06. The fraction of sp³-hybridized carbons (Fsp3) is 0.214. The number of aliphatic hydroxyl groups is 1. The average molecular weight is 297 g/mol. The summed E-state index contributed by atoms with van der Waals surface area (Å²) in [5, 5.41) is 12.4. The van der Waals surface area contributed by atoms with Crippen LogP contribution >= 0.6 is 11.6 Å². The predicted octanol–water partition coefficient (Wildman–Crippen LogP) is 2.86. The molecular formula is C14H14ClFN2O2. The van der Waals surface area contributed by atoms with E-state index in [1.165, 1.54) is 12.1 Å². The van der Waals surface area contributed by atoms with Crippen LogP contribution in [-0.2, 0) is 6.61 Å². The Morgan fingerprint density at radius 1 is 1.30 bits per heavy atom. The van der Waals surface area contributed by atoms with Crippen molar-refractivity contribution in [2.24, 2.45) is 0 Å². The first kappa shape index (κ1) is 14.6. The standard InChI is InChI=1S/C14H14ClFN2O2/c15-13-7-10(9-19)8-18-14(13)17-5-6-20-12-3-1-11(16)2-4-12/h1-4,7-8,19H,5-6,9H2,(H,17,18). The van der Waals surface area contributed by atoms with Crippen molar-refractivity contribution in [1.82, 2.24) is 4.98 Å². The number of anilines is 1.